The molecule has 2 aromatic heterocycles. The van der Waals surface area contributed by atoms with Crippen molar-refractivity contribution in [3.63, 3.8) is 0 Å². The van der Waals surface area contributed by atoms with E-state index in [4.69, 9.17) is 16.3 Å². The van der Waals surface area contributed by atoms with Gasteiger partial charge < -0.3 is 9.64 Å². The molecule has 4 heterocycles. The molecule has 9 heteroatoms. The molecule has 166 valence electrons. The average molecular weight is 454 g/mol. The van der Waals surface area contributed by atoms with Crippen LogP contribution in [0.25, 0.3) is 11.3 Å². The highest BCUT2D eigenvalue weighted by Crippen LogP contribution is 2.42. The van der Waals surface area contributed by atoms with Crippen LogP contribution in [0.1, 0.15) is 37.7 Å². The van der Waals surface area contributed by atoms with E-state index in [0.717, 1.165) is 48.9 Å². The van der Waals surface area contributed by atoms with Crippen molar-refractivity contribution in [1.29, 1.82) is 5.26 Å². The van der Waals surface area contributed by atoms with Gasteiger partial charge in [0.05, 0.1) is 35.1 Å². The summed E-state index contributed by atoms with van der Waals surface area (Å²) in [4.78, 5) is 33.5. The Balaban J connectivity index is 1.75. The van der Waals surface area contributed by atoms with Crippen LogP contribution in [0.15, 0.2) is 34.1 Å². The summed E-state index contributed by atoms with van der Waals surface area (Å²) in [6.07, 6.45) is 9.68. The lowest BCUT2D eigenvalue weighted by molar-refractivity contribution is 0.130. The third-order valence-electron chi connectivity index (χ3n) is 6.65. The number of nitrogens with zero attached hydrogens (tertiary/aromatic N) is 5. The van der Waals surface area contributed by atoms with Crippen LogP contribution in [-0.2, 0) is 11.3 Å². The number of aromatic nitrogens is 3. The number of hydrogen-bond acceptors (Lipinski definition) is 6. The van der Waals surface area contributed by atoms with Gasteiger partial charge in [-0.15, -0.1) is 0 Å². The van der Waals surface area contributed by atoms with Gasteiger partial charge in [-0.2, -0.15) is 5.26 Å². The summed E-state index contributed by atoms with van der Waals surface area (Å²) in [5, 5.41) is 9.87. The SMILES string of the molecule is N#CCn1c(N2CC3(CCOC3)C2)c(C2=CCCCC2)c(=O)n(-c2cncc(Cl)c2)c1=O. The van der Waals surface area contributed by atoms with Crippen LogP contribution in [0, 0.1) is 16.7 Å². The first-order valence-electron chi connectivity index (χ1n) is 10.9. The second-order valence-electron chi connectivity index (χ2n) is 8.86. The van der Waals surface area contributed by atoms with Crippen molar-refractivity contribution in [2.75, 3.05) is 31.2 Å². The summed E-state index contributed by atoms with van der Waals surface area (Å²) in [5.41, 5.74) is 0.869. The molecule has 0 aromatic carbocycles. The second kappa shape index (κ2) is 8.23. The Morgan fingerprint density at radius 1 is 1.25 bits per heavy atom. The highest BCUT2D eigenvalue weighted by Gasteiger charge is 2.47. The first-order chi connectivity index (χ1) is 15.5. The lowest BCUT2D eigenvalue weighted by Gasteiger charge is -2.49. The largest absolute Gasteiger partial charge is 0.381 e. The van der Waals surface area contributed by atoms with E-state index in [9.17, 15) is 14.9 Å². The van der Waals surface area contributed by atoms with Gasteiger partial charge in [-0.3, -0.25) is 14.3 Å². The van der Waals surface area contributed by atoms with E-state index in [1.807, 2.05) is 0 Å². The minimum atomic E-state index is -0.556. The monoisotopic (exact) mass is 453 g/mol. The predicted molar refractivity (Wildman–Crippen MR) is 121 cm³/mol. The van der Waals surface area contributed by atoms with Crippen molar-refractivity contribution >= 4 is 23.0 Å². The lowest BCUT2D eigenvalue weighted by Crippen LogP contribution is -2.59. The lowest BCUT2D eigenvalue weighted by atomic mass is 9.79. The standard InChI is InChI=1S/C23H24ClN5O3/c24-17-10-18(12-26-11-17)29-21(30)19(16-4-2-1-3-5-16)20(28(8-7-25)22(29)31)27-13-23(14-27)6-9-32-15-23/h4,10-12H,1-3,5-6,8-9,13-15H2. The van der Waals surface area contributed by atoms with Gasteiger partial charge in [0.15, 0.2) is 0 Å². The van der Waals surface area contributed by atoms with Crippen LogP contribution in [0.2, 0.25) is 5.02 Å². The van der Waals surface area contributed by atoms with Gasteiger partial charge in [-0.1, -0.05) is 17.7 Å². The zero-order valence-electron chi connectivity index (χ0n) is 17.7. The van der Waals surface area contributed by atoms with Crippen molar-refractivity contribution < 1.29 is 4.74 Å². The van der Waals surface area contributed by atoms with Crippen LogP contribution in [0.5, 0.6) is 0 Å². The molecule has 0 amide bonds. The fourth-order valence-electron chi connectivity index (χ4n) is 5.09. The summed E-state index contributed by atoms with van der Waals surface area (Å²) in [7, 11) is 0. The Morgan fingerprint density at radius 2 is 2.09 bits per heavy atom. The molecule has 2 aliphatic heterocycles. The molecule has 0 radical (unpaired) electrons. The molecule has 0 unspecified atom stereocenters. The number of ether oxygens (including phenoxy) is 1. The number of rotatable bonds is 4. The molecule has 3 aliphatic rings. The zero-order chi connectivity index (χ0) is 22.3. The molecule has 2 fully saturated rings. The van der Waals surface area contributed by atoms with E-state index in [-0.39, 0.29) is 17.5 Å². The first kappa shape index (κ1) is 21.0. The van der Waals surface area contributed by atoms with E-state index in [1.165, 1.54) is 17.0 Å². The predicted octanol–water partition coefficient (Wildman–Crippen LogP) is 2.76. The number of anilines is 1. The summed E-state index contributed by atoms with van der Waals surface area (Å²) >= 11 is 6.10. The van der Waals surface area contributed by atoms with Gasteiger partial charge in [0.2, 0.25) is 0 Å². The molecule has 2 aromatic rings. The average Bonchev–Trinajstić information content (AvgIpc) is 3.26. The minimum Gasteiger partial charge on any atom is -0.381 e. The Morgan fingerprint density at radius 3 is 2.75 bits per heavy atom. The number of nitriles is 1. The quantitative estimate of drug-likeness (QED) is 0.706. The van der Waals surface area contributed by atoms with Crippen molar-refractivity contribution in [3.05, 3.63) is 56.0 Å². The topological polar surface area (TPSA) is 93.2 Å². The second-order valence-corrected chi connectivity index (χ2v) is 9.30. The molecule has 8 nitrogen and oxygen atoms in total. The molecule has 1 spiro atoms. The van der Waals surface area contributed by atoms with Crippen molar-refractivity contribution in [2.45, 2.75) is 38.6 Å². The molecule has 5 rings (SSSR count). The fourth-order valence-corrected chi connectivity index (χ4v) is 5.26. The highest BCUT2D eigenvalue weighted by atomic mass is 35.5. The third kappa shape index (κ3) is 3.46. The molecule has 2 saturated heterocycles. The third-order valence-corrected chi connectivity index (χ3v) is 6.85. The molecule has 32 heavy (non-hydrogen) atoms. The van der Waals surface area contributed by atoms with Gasteiger partial charge in [-0.05, 0) is 43.7 Å². The van der Waals surface area contributed by atoms with E-state index in [1.54, 1.807) is 6.07 Å². The van der Waals surface area contributed by atoms with Crippen LogP contribution in [0.4, 0.5) is 5.82 Å². The van der Waals surface area contributed by atoms with Crippen molar-refractivity contribution in [2.24, 2.45) is 5.41 Å². The molecule has 0 bridgehead atoms. The number of allylic oxidation sites excluding steroid dienone is 2. The van der Waals surface area contributed by atoms with Crippen LogP contribution < -0.4 is 16.1 Å². The summed E-state index contributed by atoms with van der Waals surface area (Å²) < 4.78 is 8.12. The Labute approximate surface area is 190 Å². The minimum absolute atomic E-state index is 0.0669. The molecular formula is C23H24ClN5O3. The molecule has 0 N–H and O–H groups in total. The summed E-state index contributed by atoms with van der Waals surface area (Å²) in [6, 6.07) is 3.65. The maximum atomic E-state index is 13.8. The maximum absolute atomic E-state index is 13.8. The van der Waals surface area contributed by atoms with Gasteiger partial charge in [-0.25, -0.2) is 9.36 Å². The van der Waals surface area contributed by atoms with Crippen molar-refractivity contribution in [1.82, 2.24) is 14.1 Å². The number of halogens is 1. The van der Waals surface area contributed by atoms with Crippen molar-refractivity contribution in [3.8, 4) is 11.8 Å². The molecule has 0 atom stereocenters. The first-order valence-corrected chi connectivity index (χ1v) is 11.3. The highest BCUT2D eigenvalue weighted by molar-refractivity contribution is 6.30. The van der Waals surface area contributed by atoms with E-state index < -0.39 is 5.69 Å². The maximum Gasteiger partial charge on any atom is 0.338 e. The van der Waals surface area contributed by atoms with E-state index in [2.05, 4.69) is 22.0 Å². The Kier molecular flexibility index (Phi) is 5.39. The van der Waals surface area contributed by atoms with Crippen LogP contribution in [-0.4, -0.2) is 40.4 Å². The summed E-state index contributed by atoms with van der Waals surface area (Å²) in [6.45, 7) is 2.69. The van der Waals surface area contributed by atoms with E-state index >= 15 is 0 Å². The van der Waals surface area contributed by atoms with E-state index in [0.29, 0.717) is 41.8 Å². The molecule has 1 aliphatic carbocycles. The van der Waals surface area contributed by atoms with Crippen LogP contribution >= 0.6 is 11.6 Å². The molecule has 0 saturated carbocycles. The fraction of sp³-hybridized carbons (Fsp3) is 0.478. The molecular weight excluding hydrogens is 430 g/mol. The van der Waals surface area contributed by atoms with Gasteiger partial charge in [0, 0.05) is 31.3 Å². The Bertz CT molecular complexity index is 1240. The summed E-state index contributed by atoms with van der Waals surface area (Å²) in [5.74, 6) is 0.554. The van der Waals surface area contributed by atoms with Gasteiger partial charge in [0.1, 0.15) is 12.4 Å². The smallest absolute Gasteiger partial charge is 0.338 e. The number of hydrogen-bond donors (Lipinski definition) is 0. The zero-order valence-corrected chi connectivity index (χ0v) is 18.5. The van der Waals surface area contributed by atoms with Gasteiger partial charge >= 0.3 is 5.69 Å². The van der Waals surface area contributed by atoms with Gasteiger partial charge in [0.25, 0.3) is 5.56 Å². The Hall–Kier alpha value is -2.89. The normalized spacial score (nSPS) is 19.5. The van der Waals surface area contributed by atoms with Crippen LogP contribution in [0.3, 0.4) is 0 Å². The number of pyridine rings is 1.